The summed E-state index contributed by atoms with van der Waals surface area (Å²) in [6.07, 6.45) is 6.45. The number of aromatic carboxylic acids is 1. The van der Waals surface area contributed by atoms with E-state index in [1.54, 1.807) is 12.1 Å². The summed E-state index contributed by atoms with van der Waals surface area (Å²) < 4.78 is 0. The summed E-state index contributed by atoms with van der Waals surface area (Å²) in [5.41, 5.74) is 1.27. The minimum absolute atomic E-state index is 0.251. The Morgan fingerprint density at radius 2 is 1.79 bits per heavy atom. The van der Waals surface area contributed by atoms with E-state index in [9.17, 15) is 4.79 Å². The number of carboxylic acids is 1. The van der Waals surface area contributed by atoms with Crippen molar-refractivity contribution in [3.8, 4) is 0 Å². The summed E-state index contributed by atoms with van der Waals surface area (Å²) >= 11 is 6.18. The Morgan fingerprint density at radius 1 is 1.16 bits per heavy atom. The molecule has 0 spiro atoms. The quantitative estimate of drug-likeness (QED) is 0.916. The fraction of sp³-hybridized carbons (Fsp3) is 0.533. The maximum Gasteiger partial charge on any atom is 0.335 e. The van der Waals surface area contributed by atoms with Gasteiger partial charge in [0.2, 0.25) is 0 Å². The molecule has 19 heavy (non-hydrogen) atoms. The number of rotatable bonds is 3. The van der Waals surface area contributed by atoms with E-state index in [2.05, 4.69) is 4.90 Å². The Hall–Kier alpha value is -1.06. The molecule has 1 aromatic carbocycles. The summed E-state index contributed by atoms with van der Waals surface area (Å²) in [6, 6.07) is 5.02. The number of nitrogens with zero attached hydrogens (tertiary/aromatic N) is 1. The smallest absolute Gasteiger partial charge is 0.335 e. The first-order chi connectivity index (χ1) is 9.16. The lowest BCUT2D eigenvalue weighted by Crippen LogP contribution is -2.27. The molecule has 1 fully saturated rings. The van der Waals surface area contributed by atoms with Gasteiger partial charge in [-0.2, -0.15) is 0 Å². The van der Waals surface area contributed by atoms with E-state index in [0.29, 0.717) is 5.02 Å². The fourth-order valence-electron chi connectivity index (χ4n) is 2.52. The van der Waals surface area contributed by atoms with Crippen LogP contribution in [-0.4, -0.2) is 29.1 Å². The zero-order valence-electron chi connectivity index (χ0n) is 11.1. The highest BCUT2D eigenvalue weighted by molar-refractivity contribution is 6.31. The number of benzene rings is 1. The Morgan fingerprint density at radius 3 is 2.37 bits per heavy atom. The zero-order chi connectivity index (χ0) is 13.7. The van der Waals surface area contributed by atoms with Gasteiger partial charge in [0.15, 0.2) is 0 Å². The third-order valence-corrected chi connectivity index (χ3v) is 3.99. The molecule has 0 saturated carbocycles. The topological polar surface area (TPSA) is 40.5 Å². The largest absolute Gasteiger partial charge is 0.478 e. The molecule has 1 heterocycles. The summed E-state index contributed by atoms with van der Waals surface area (Å²) in [4.78, 5) is 13.3. The predicted octanol–water partition coefficient (Wildman–Crippen LogP) is 3.80. The van der Waals surface area contributed by atoms with E-state index < -0.39 is 5.97 Å². The second-order valence-corrected chi connectivity index (χ2v) is 5.56. The number of likely N-dealkylation sites (tertiary alicyclic amines) is 1. The van der Waals surface area contributed by atoms with Gasteiger partial charge in [0, 0.05) is 11.6 Å². The summed E-state index contributed by atoms with van der Waals surface area (Å²) in [7, 11) is 0. The molecule has 1 N–H and O–H groups in total. The molecule has 0 radical (unpaired) electrons. The molecule has 0 bridgehead atoms. The molecule has 1 aliphatic rings. The molecule has 104 valence electrons. The van der Waals surface area contributed by atoms with Crippen LogP contribution in [0.4, 0.5) is 0 Å². The van der Waals surface area contributed by atoms with Gasteiger partial charge in [-0.05, 0) is 43.6 Å². The van der Waals surface area contributed by atoms with Gasteiger partial charge in [0.1, 0.15) is 0 Å². The lowest BCUT2D eigenvalue weighted by Gasteiger charge is -2.25. The Labute approximate surface area is 119 Å². The van der Waals surface area contributed by atoms with Crippen molar-refractivity contribution in [2.75, 3.05) is 13.1 Å². The third-order valence-electron chi connectivity index (χ3n) is 3.64. The number of hydrogen-bond acceptors (Lipinski definition) is 2. The highest BCUT2D eigenvalue weighted by atomic mass is 35.5. The molecule has 0 aromatic heterocycles. The second-order valence-electron chi connectivity index (χ2n) is 5.16. The molecule has 1 aromatic rings. The first-order valence-corrected chi connectivity index (χ1v) is 7.28. The monoisotopic (exact) mass is 281 g/mol. The molecular weight excluding hydrogens is 262 g/mol. The van der Waals surface area contributed by atoms with E-state index in [-0.39, 0.29) is 5.56 Å². The maximum absolute atomic E-state index is 10.9. The average molecular weight is 282 g/mol. The SMILES string of the molecule is O=C(O)c1ccc(CN2CCCCCCC2)c(Cl)c1. The molecule has 2 rings (SSSR count). The highest BCUT2D eigenvalue weighted by Crippen LogP contribution is 2.21. The van der Waals surface area contributed by atoms with E-state index in [1.165, 1.54) is 32.1 Å². The van der Waals surface area contributed by atoms with E-state index in [4.69, 9.17) is 16.7 Å². The molecule has 3 nitrogen and oxygen atoms in total. The normalized spacial score (nSPS) is 17.7. The van der Waals surface area contributed by atoms with E-state index in [0.717, 1.165) is 25.2 Å². The van der Waals surface area contributed by atoms with Crippen molar-refractivity contribution >= 4 is 17.6 Å². The maximum atomic E-state index is 10.9. The van der Waals surface area contributed by atoms with Gasteiger partial charge in [-0.3, -0.25) is 4.90 Å². The molecule has 4 heteroatoms. The van der Waals surface area contributed by atoms with Crippen molar-refractivity contribution in [2.45, 2.75) is 38.6 Å². The lowest BCUT2D eigenvalue weighted by atomic mass is 10.1. The van der Waals surface area contributed by atoms with E-state index >= 15 is 0 Å². The van der Waals surface area contributed by atoms with Crippen LogP contribution >= 0.6 is 11.6 Å². The van der Waals surface area contributed by atoms with Crippen LogP contribution in [0.25, 0.3) is 0 Å². The van der Waals surface area contributed by atoms with Crippen molar-refractivity contribution in [1.82, 2.24) is 4.90 Å². The molecular formula is C15H20ClNO2. The summed E-state index contributed by atoms with van der Waals surface area (Å²) in [6.45, 7) is 3.03. The zero-order valence-corrected chi connectivity index (χ0v) is 11.8. The van der Waals surface area contributed by atoms with Crippen LogP contribution in [0.1, 0.15) is 48.0 Å². The van der Waals surface area contributed by atoms with Crippen LogP contribution in [0.3, 0.4) is 0 Å². The predicted molar refractivity (Wildman–Crippen MR) is 76.8 cm³/mol. The molecule has 0 aliphatic carbocycles. The van der Waals surface area contributed by atoms with Crippen molar-refractivity contribution in [3.63, 3.8) is 0 Å². The molecule has 0 unspecified atom stereocenters. The highest BCUT2D eigenvalue weighted by Gasteiger charge is 2.12. The first kappa shape index (κ1) is 14.4. The van der Waals surface area contributed by atoms with Gasteiger partial charge in [-0.15, -0.1) is 0 Å². The number of carbonyl (C=O) groups is 1. The summed E-state index contributed by atoms with van der Waals surface area (Å²) in [5, 5.41) is 9.48. The third kappa shape index (κ3) is 4.22. The van der Waals surface area contributed by atoms with Gasteiger partial charge in [0.25, 0.3) is 0 Å². The van der Waals surface area contributed by atoms with Gasteiger partial charge in [-0.25, -0.2) is 4.79 Å². The number of hydrogen-bond donors (Lipinski definition) is 1. The molecule has 0 amide bonds. The molecule has 1 aliphatic heterocycles. The van der Waals surface area contributed by atoms with Crippen molar-refractivity contribution in [1.29, 1.82) is 0 Å². The number of halogens is 1. The summed E-state index contributed by atoms with van der Waals surface area (Å²) in [5.74, 6) is -0.931. The fourth-order valence-corrected chi connectivity index (χ4v) is 2.76. The van der Waals surface area contributed by atoms with Crippen LogP contribution in [0, 0.1) is 0 Å². The Bertz CT molecular complexity index is 440. The lowest BCUT2D eigenvalue weighted by molar-refractivity contribution is 0.0697. The van der Waals surface area contributed by atoms with Crippen molar-refractivity contribution in [2.24, 2.45) is 0 Å². The van der Waals surface area contributed by atoms with Gasteiger partial charge in [-0.1, -0.05) is 36.9 Å². The molecule has 0 atom stereocenters. The van der Waals surface area contributed by atoms with Crippen molar-refractivity contribution < 1.29 is 9.90 Å². The van der Waals surface area contributed by atoms with Crippen LogP contribution in [-0.2, 0) is 6.54 Å². The average Bonchev–Trinajstić information content (AvgIpc) is 2.34. The Kier molecular flexibility index (Phi) is 5.23. The van der Waals surface area contributed by atoms with Crippen LogP contribution in [0.5, 0.6) is 0 Å². The standard InChI is InChI=1S/C15H20ClNO2/c16-14-10-12(15(18)19)6-7-13(14)11-17-8-4-2-1-3-5-9-17/h6-7,10H,1-5,8-9,11H2,(H,18,19). The first-order valence-electron chi connectivity index (χ1n) is 6.91. The second kappa shape index (κ2) is 6.92. The van der Waals surface area contributed by atoms with Gasteiger partial charge >= 0.3 is 5.97 Å². The van der Waals surface area contributed by atoms with Gasteiger partial charge in [0.05, 0.1) is 5.56 Å². The van der Waals surface area contributed by atoms with Crippen LogP contribution in [0.15, 0.2) is 18.2 Å². The van der Waals surface area contributed by atoms with Crippen LogP contribution in [0.2, 0.25) is 5.02 Å². The molecule has 1 saturated heterocycles. The van der Waals surface area contributed by atoms with Gasteiger partial charge < -0.3 is 5.11 Å². The van der Waals surface area contributed by atoms with E-state index in [1.807, 2.05) is 6.07 Å². The minimum Gasteiger partial charge on any atom is -0.478 e. The van der Waals surface area contributed by atoms with Crippen LogP contribution < -0.4 is 0 Å². The number of carboxylic acid groups (broad SMARTS) is 1. The Balaban J connectivity index is 2.03. The minimum atomic E-state index is -0.931. The van der Waals surface area contributed by atoms with Crippen molar-refractivity contribution in [3.05, 3.63) is 34.3 Å².